The highest BCUT2D eigenvalue weighted by atomic mass is 16.6. The van der Waals surface area contributed by atoms with Crippen molar-refractivity contribution in [3.63, 3.8) is 0 Å². The van der Waals surface area contributed by atoms with Gasteiger partial charge in [0.15, 0.2) is 5.70 Å². The highest BCUT2D eigenvalue weighted by Gasteiger charge is 2.25. The van der Waals surface area contributed by atoms with Crippen molar-refractivity contribution >= 4 is 29.5 Å². The molecule has 6 nitrogen and oxygen atoms in total. The molecule has 136 valence electrons. The van der Waals surface area contributed by atoms with Gasteiger partial charge in [0.2, 0.25) is 11.8 Å². The Hall–Kier alpha value is -3.41. The molecule has 0 saturated carbocycles. The SMILES string of the molecule is COc1cccc(C=C2N=C(c3ccc(N4CCCC4=O)cc3)OC2=O)c1. The molecule has 1 amide bonds. The Labute approximate surface area is 156 Å². The van der Waals surface area contributed by atoms with E-state index in [2.05, 4.69) is 4.99 Å². The molecule has 4 rings (SSSR count). The summed E-state index contributed by atoms with van der Waals surface area (Å²) < 4.78 is 10.5. The largest absolute Gasteiger partial charge is 0.497 e. The Morgan fingerprint density at radius 2 is 1.96 bits per heavy atom. The molecular formula is C21H18N2O4. The highest BCUT2D eigenvalue weighted by Crippen LogP contribution is 2.24. The molecular weight excluding hydrogens is 344 g/mol. The number of methoxy groups -OCH3 is 1. The molecule has 2 aromatic rings. The van der Waals surface area contributed by atoms with Gasteiger partial charge in [-0.1, -0.05) is 12.1 Å². The molecule has 6 heteroatoms. The van der Waals surface area contributed by atoms with Crippen LogP contribution in [0.1, 0.15) is 24.0 Å². The van der Waals surface area contributed by atoms with E-state index in [0.717, 1.165) is 24.2 Å². The lowest BCUT2D eigenvalue weighted by atomic mass is 10.2. The van der Waals surface area contributed by atoms with Crippen molar-refractivity contribution in [1.82, 2.24) is 0 Å². The lowest BCUT2D eigenvalue weighted by Crippen LogP contribution is -2.23. The van der Waals surface area contributed by atoms with Gasteiger partial charge in [0, 0.05) is 24.2 Å². The second kappa shape index (κ2) is 7.07. The minimum absolute atomic E-state index is 0.135. The Kier molecular flexibility index (Phi) is 4.46. The van der Waals surface area contributed by atoms with Gasteiger partial charge in [-0.25, -0.2) is 9.79 Å². The zero-order valence-electron chi connectivity index (χ0n) is 14.8. The number of ether oxygens (including phenoxy) is 2. The van der Waals surface area contributed by atoms with Crippen LogP contribution >= 0.6 is 0 Å². The van der Waals surface area contributed by atoms with Crippen molar-refractivity contribution in [1.29, 1.82) is 0 Å². The van der Waals surface area contributed by atoms with Crippen LogP contribution in [0.15, 0.2) is 59.2 Å². The number of carbonyl (C=O) groups excluding carboxylic acids is 2. The predicted octanol–water partition coefficient (Wildman–Crippen LogP) is 3.17. The van der Waals surface area contributed by atoms with Crippen LogP contribution in [0, 0.1) is 0 Å². The maximum atomic E-state index is 12.1. The summed E-state index contributed by atoms with van der Waals surface area (Å²) in [4.78, 5) is 30.1. The first-order valence-electron chi connectivity index (χ1n) is 8.71. The number of hydrogen-bond donors (Lipinski definition) is 0. The third-order valence-corrected chi connectivity index (χ3v) is 4.52. The molecule has 2 aromatic carbocycles. The molecule has 0 aromatic heterocycles. The van der Waals surface area contributed by atoms with Crippen LogP contribution in [-0.4, -0.2) is 31.4 Å². The van der Waals surface area contributed by atoms with E-state index in [4.69, 9.17) is 9.47 Å². The zero-order valence-corrected chi connectivity index (χ0v) is 14.8. The smallest absolute Gasteiger partial charge is 0.363 e. The van der Waals surface area contributed by atoms with E-state index >= 15 is 0 Å². The van der Waals surface area contributed by atoms with Gasteiger partial charge < -0.3 is 14.4 Å². The quantitative estimate of drug-likeness (QED) is 0.619. The Bertz CT molecular complexity index is 960. The molecule has 0 spiro atoms. The summed E-state index contributed by atoms with van der Waals surface area (Å²) >= 11 is 0. The Morgan fingerprint density at radius 3 is 2.67 bits per heavy atom. The van der Waals surface area contributed by atoms with E-state index in [1.165, 1.54) is 0 Å². The molecule has 0 unspecified atom stereocenters. The van der Waals surface area contributed by atoms with E-state index in [-0.39, 0.29) is 17.5 Å². The molecule has 2 aliphatic rings. The number of hydrogen-bond acceptors (Lipinski definition) is 5. The van der Waals surface area contributed by atoms with Crippen LogP contribution < -0.4 is 9.64 Å². The second-order valence-corrected chi connectivity index (χ2v) is 6.31. The van der Waals surface area contributed by atoms with Crippen molar-refractivity contribution in [3.05, 3.63) is 65.4 Å². The van der Waals surface area contributed by atoms with Gasteiger partial charge in [-0.15, -0.1) is 0 Å². The molecule has 2 aliphatic heterocycles. The van der Waals surface area contributed by atoms with E-state index in [1.807, 2.05) is 48.5 Å². The van der Waals surface area contributed by atoms with Gasteiger partial charge in [-0.3, -0.25) is 4.79 Å². The Balaban J connectivity index is 1.57. The number of cyclic esters (lactones) is 1. The van der Waals surface area contributed by atoms with E-state index < -0.39 is 5.97 Å². The van der Waals surface area contributed by atoms with Gasteiger partial charge in [-0.05, 0) is 54.5 Å². The zero-order chi connectivity index (χ0) is 18.8. The molecule has 27 heavy (non-hydrogen) atoms. The summed E-state index contributed by atoms with van der Waals surface area (Å²) in [6.07, 6.45) is 3.13. The fraction of sp³-hybridized carbons (Fsp3) is 0.190. The third-order valence-electron chi connectivity index (χ3n) is 4.52. The average molecular weight is 362 g/mol. The van der Waals surface area contributed by atoms with Gasteiger partial charge in [-0.2, -0.15) is 0 Å². The van der Waals surface area contributed by atoms with Crippen molar-refractivity contribution in [2.75, 3.05) is 18.6 Å². The van der Waals surface area contributed by atoms with Crippen molar-refractivity contribution in [2.24, 2.45) is 4.99 Å². The second-order valence-electron chi connectivity index (χ2n) is 6.31. The minimum Gasteiger partial charge on any atom is -0.497 e. The number of anilines is 1. The van der Waals surface area contributed by atoms with Gasteiger partial charge in [0.05, 0.1) is 7.11 Å². The maximum absolute atomic E-state index is 12.1. The van der Waals surface area contributed by atoms with E-state index in [9.17, 15) is 9.59 Å². The van der Waals surface area contributed by atoms with Gasteiger partial charge >= 0.3 is 5.97 Å². The third kappa shape index (κ3) is 3.46. The number of benzene rings is 2. The van der Waals surface area contributed by atoms with Gasteiger partial charge in [0.1, 0.15) is 5.75 Å². The highest BCUT2D eigenvalue weighted by molar-refractivity contribution is 6.13. The van der Waals surface area contributed by atoms with Crippen LogP contribution in [-0.2, 0) is 14.3 Å². The lowest BCUT2D eigenvalue weighted by Gasteiger charge is -2.15. The first-order chi connectivity index (χ1) is 13.1. The molecule has 0 N–H and O–H groups in total. The minimum atomic E-state index is -0.494. The average Bonchev–Trinajstić information content (AvgIpc) is 3.28. The fourth-order valence-corrected chi connectivity index (χ4v) is 3.13. The fourth-order valence-electron chi connectivity index (χ4n) is 3.13. The first kappa shape index (κ1) is 17.0. The first-order valence-corrected chi connectivity index (χ1v) is 8.71. The molecule has 0 bridgehead atoms. The van der Waals surface area contributed by atoms with Crippen molar-refractivity contribution < 1.29 is 19.1 Å². The number of carbonyl (C=O) groups is 2. The summed E-state index contributed by atoms with van der Waals surface area (Å²) in [7, 11) is 1.59. The standard InChI is InChI=1S/C21H18N2O4/c1-26-17-5-2-4-14(12-17)13-18-21(25)27-20(22-18)15-7-9-16(10-8-15)23-11-3-6-19(23)24/h2,4-5,7-10,12-13H,3,6,11H2,1H3. The molecule has 0 radical (unpaired) electrons. The molecule has 0 aliphatic carbocycles. The molecule has 1 fully saturated rings. The predicted molar refractivity (Wildman–Crippen MR) is 102 cm³/mol. The van der Waals surface area contributed by atoms with Crippen LogP contribution in [0.25, 0.3) is 6.08 Å². The summed E-state index contributed by atoms with van der Waals surface area (Å²) in [5.74, 6) is 0.600. The summed E-state index contributed by atoms with van der Waals surface area (Å²) in [6, 6.07) is 14.7. The Morgan fingerprint density at radius 1 is 1.15 bits per heavy atom. The number of aliphatic imine (C=N–C) groups is 1. The monoisotopic (exact) mass is 362 g/mol. The molecule has 2 heterocycles. The lowest BCUT2D eigenvalue weighted by molar-refractivity contribution is -0.130. The topological polar surface area (TPSA) is 68.2 Å². The van der Waals surface area contributed by atoms with Crippen LogP contribution in [0.3, 0.4) is 0 Å². The molecule has 1 saturated heterocycles. The summed E-state index contributed by atoms with van der Waals surface area (Å²) in [5.41, 5.74) is 2.57. The number of amides is 1. The summed E-state index contributed by atoms with van der Waals surface area (Å²) in [5, 5.41) is 0. The van der Waals surface area contributed by atoms with Gasteiger partial charge in [0.25, 0.3) is 0 Å². The van der Waals surface area contributed by atoms with Crippen LogP contribution in [0.4, 0.5) is 5.69 Å². The number of nitrogens with zero attached hydrogens (tertiary/aromatic N) is 2. The van der Waals surface area contributed by atoms with Crippen molar-refractivity contribution in [2.45, 2.75) is 12.8 Å². The van der Waals surface area contributed by atoms with Crippen LogP contribution in [0.2, 0.25) is 0 Å². The van der Waals surface area contributed by atoms with E-state index in [0.29, 0.717) is 17.7 Å². The van der Waals surface area contributed by atoms with Crippen molar-refractivity contribution in [3.8, 4) is 5.75 Å². The normalized spacial score (nSPS) is 18.0. The number of rotatable bonds is 4. The van der Waals surface area contributed by atoms with E-state index in [1.54, 1.807) is 18.1 Å². The summed E-state index contributed by atoms with van der Waals surface area (Å²) in [6.45, 7) is 0.738. The number of esters is 1. The maximum Gasteiger partial charge on any atom is 0.363 e. The molecule has 0 atom stereocenters. The van der Waals surface area contributed by atoms with Crippen LogP contribution in [0.5, 0.6) is 5.75 Å².